The molecule has 0 saturated carbocycles. The van der Waals surface area contributed by atoms with Crippen molar-refractivity contribution in [2.45, 2.75) is 39.0 Å². The van der Waals surface area contributed by atoms with E-state index >= 15 is 0 Å². The monoisotopic (exact) mass is 240 g/mol. The summed E-state index contributed by atoms with van der Waals surface area (Å²) in [4.78, 5) is 13.8. The quantitative estimate of drug-likeness (QED) is 0.767. The van der Waals surface area contributed by atoms with E-state index in [9.17, 15) is 4.79 Å². The molecule has 1 amide bonds. The molecule has 2 fully saturated rings. The molecule has 0 aromatic rings. The predicted molar refractivity (Wildman–Crippen MR) is 67.0 cm³/mol. The van der Waals surface area contributed by atoms with Crippen molar-refractivity contribution in [3.05, 3.63) is 0 Å². The molecule has 1 atom stereocenters. The van der Waals surface area contributed by atoms with Gasteiger partial charge in [-0.2, -0.15) is 0 Å². The smallest absolute Gasteiger partial charge is 0.409 e. The first-order valence-electron chi connectivity index (χ1n) is 6.88. The number of amides is 1. The summed E-state index contributed by atoms with van der Waals surface area (Å²) in [5.41, 5.74) is 0.335. The molecule has 4 heteroatoms. The topological polar surface area (TPSA) is 41.6 Å². The molecule has 2 heterocycles. The molecular formula is C13H24N2O2. The second kappa shape index (κ2) is 5.71. The lowest BCUT2D eigenvalue weighted by Crippen LogP contribution is -2.47. The van der Waals surface area contributed by atoms with Crippen LogP contribution in [0.3, 0.4) is 0 Å². The third kappa shape index (κ3) is 3.12. The summed E-state index contributed by atoms with van der Waals surface area (Å²) in [5.74, 6) is 0. The van der Waals surface area contributed by atoms with Crippen molar-refractivity contribution < 1.29 is 9.53 Å². The van der Waals surface area contributed by atoms with Crippen LogP contribution in [0, 0.1) is 5.41 Å². The fourth-order valence-corrected chi connectivity index (χ4v) is 2.90. The van der Waals surface area contributed by atoms with Gasteiger partial charge in [-0.3, -0.25) is 0 Å². The largest absolute Gasteiger partial charge is 0.449 e. The van der Waals surface area contributed by atoms with E-state index in [0.717, 1.165) is 45.4 Å². The summed E-state index contributed by atoms with van der Waals surface area (Å²) in [6, 6.07) is 0. The van der Waals surface area contributed by atoms with Crippen LogP contribution in [0.25, 0.3) is 0 Å². The van der Waals surface area contributed by atoms with Crippen LogP contribution in [0.15, 0.2) is 0 Å². The number of unbranched alkanes of at least 4 members (excludes halogenated alkanes) is 1. The van der Waals surface area contributed by atoms with Gasteiger partial charge in [-0.1, -0.05) is 13.3 Å². The lowest BCUT2D eigenvalue weighted by molar-refractivity contribution is 0.0611. The van der Waals surface area contributed by atoms with Gasteiger partial charge in [0.15, 0.2) is 0 Å². The Morgan fingerprint density at radius 3 is 3.06 bits per heavy atom. The molecule has 2 rings (SSSR count). The minimum Gasteiger partial charge on any atom is -0.449 e. The summed E-state index contributed by atoms with van der Waals surface area (Å²) >= 11 is 0. The molecule has 0 aliphatic carbocycles. The SMILES string of the molecule is CCCCOC(=O)N1CCCC2(CCNC2)C1. The molecule has 1 spiro atoms. The maximum atomic E-state index is 11.9. The highest BCUT2D eigenvalue weighted by Crippen LogP contribution is 2.35. The van der Waals surface area contributed by atoms with Crippen LogP contribution in [0.2, 0.25) is 0 Å². The number of likely N-dealkylation sites (tertiary alicyclic amines) is 1. The Bertz CT molecular complexity index is 262. The first-order chi connectivity index (χ1) is 8.26. The first-order valence-corrected chi connectivity index (χ1v) is 6.88. The Kier molecular flexibility index (Phi) is 4.26. The standard InChI is InChI=1S/C13H24N2O2/c1-2-3-9-17-12(16)15-8-4-5-13(11-15)6-7-14-10-13/h14H,2-11H2,1H3. The molecule has 0 radical (unpaired) electrons. The van der Waals surface area contributed by atoms with Gasteiger partial charge in [0, 0.05) is 25.0 Å². The van der Waals surface area contributed by atoms with Gasteiger partial charge < -0.3 is 15.0 Å². The number of hydrogen-bond acceptors (Lipinski definition) is 3. The van der Waals surface area contributed by atoms with E-state index in [1.807, 2.05) is 4.90 Å². The molecule has 98 valence electrons. The van der Waals surface area contributed by atoms with Gasteiger partial charge in [0.25, 0.3) is 0 Å². The number of ether oxygens (including phenoxy) is 1. The van der Waals surface area contributed by atoms with E-state index in [1.165, 1.54) is 12.8 Å². The van der Waals surface area contributed by atoms with Crippen molar-refractivity contribution in [3.63, 3.8) is 0 Å². The zero-order valence-electron chi connectivity index (χ0n) is 10.8. The Labute approximate surface area is 104 Å². The molecule has 0 bridgehead atoms. The van der Waals surface area contributed by atoms with Gasteiger partial charge in [-0.25, -0.2) is 4.79 Å². The van der Waals surface area contributed by atoms with Crippen molar-refractivity contribution in [2.24, 2.45) is 5.41 Å². The molecule has 2 aliphatic rings. The van der Waals surface area contributed by atoms with Crippen LogP contribution in [-0.2, 0) is 4.74 Å². The van der Waals surface area contributed by atoms with E-state index in [1.54, 1.807) is 0 Å². The second-order valence-electron chi connectivity index (χ2n) is 5.42. The minimum absolute atomic E-state index is 0.107. The van der Waals surface area contributed by atoms with Crippen molar-refractivity contribution >= 4 is 6.09 Å². The van der Waals surface area contributed by atoms with Crippen LogP contribution in [0.4, 0.5) is 4.79 Å². The fraction of sp³-hybridized carbons (Fsp3) is 0.923. The fourth-order valence-electron chi connectivity index (χ4n) is 2.90. The van der Waals surface area contributed by atoms with E-state index in [2.05, 4.69) is 12.2 Å². The zero-order chi connectivity index (χ0) is 12.1. The molecule has 2 saturated heterocycles. The first kappa shape index (κ1) is 12.7. The van der Waals surface area contributed by atoms with Crippen LogP contribution >= 0.6 is 0 Å². The van der Waals surface area contributed by atoms with E-state index in [4.69, 9.17) is 4.74 Å². The second-order valence-corrected chi connectivity index (χ2v) is 5.42. The third-order valence-electron chi connectivity index (χ3n) is 3.98. The molecule has 0 aromatic heterocycles. The zero-order valence-corrected chi connectivity index (χ0v) is 10.8. The number of carbonyl (C=O) groups is 1. The molecule has 0 aromatic carbocycles. The van der Waals surface area contributed by atoms with Gasteiger partial charge in [0.2, 0.25) is 0 Å². The van der Waals surface area contributed by atoms with Crippen molar-refractivity contribution in [1.82, 2.24) is 10.2 Å². The molecule has 1 N–H and O–H groups in total. The Morgan fingerprint density at radius 1 is 1.47 bits per heavy atom. The number of nitrogens with zero attached hydrogens (tertiary/aromatic N) is 1. The summed E-state index contributed by atoms with van der Waals surface area (Å²) in [6.07, 6.45) is 5.49. The highest BCUT2D eigenvalue weighted by molar-refractivity contribution is 5.67. The number of piperidine rings is 1. The van der Waals surface area contributed by atoms with Crippen LogP contribution in [0.1, 0.15) is 39.0 Å². The maximum Gasteiger partial charge on any atom is 0.409 e. The lowest BCUT2D eigenvalue weighted by Gasteiger charge is -2.39. The van der Waals surface area contributed by atoms with Gasteiger partial charge >= 0.3 is 6.09 Å². The highest BCUT2D eigenvalue weighted by atomic mass is 16.6. The summed E-state index contributed by atoms with van der Waals surface area (Å²) in [7, 11) is 0. The van der Waals surface area contributed by atoms with E-state index < -0.39 is 0 Å². The molecule has 1 unspecified atom stereocenters. The maximum absolute atomic E-state index is 11.9. The highest BCUT2D eigenvalue weighted by Gasteiger charge is 2.39. The molecule has 4 nitrogen and oxygen atoms in total. The normalized spacial score (nSPS) is 28.6. The Morgan fingerprint density at radius 2 is 2.35 bits per heavy atom. The van der Waals surface area contributed by atoms with E-state index in [-0.39, 0.29) is 6.09 Å². The summed E-state index contributed by atoms with van der Waals surface area (Å²) < 4.78 is 5.29. The molecular weight excluding hydrogens is 216 g/mol. The Balaban J connectivity index is 1.82. The Hall–Kier alpha value is -0.770. The number of nitrogens with one attached hydrogen (secondary N) is 1. The summed E-state index contributed by atoms with van der Waals surface area (Å²) in [6.45, 7) is 6.58. The van der Waals surface area contributed by atoms with Gasteiger partial charge in [-0.15, -0.1) is 0 Å². The van der Waals surface area contributed by atoms with Crippen molar-refractivity contribution in [1.29, 1.82) is 0 Å². The van der Waals surface area contributed by atoms with Gasteiger partial charge in [0.05, 0.1) is 6.61 Å². The number of rotatable bonds is 3. The summed E-state index contributed by atoms with van der Waals surface area (Å²) in [5, 5.41) is 3.42. The lowest BCUT2D eigenvalue weighted by atomic mass is 9.79. The average Bonchev–Trinajstić information content (AvgIpc) is 2.77. The van der Waals surface area contributed by atoms with Crippen molar-refractivity contribution in [3.8, 4) is 0 Å². The van der Waals surface area contributed by atoms with Crippen LogP contribution in [-0.4, -0.2) is 43.8 Å². The average molecular weight is 240 g/mol. The van der Waals surface area contributed by atoms with Crippen molar-refractivity contribution in [2.75, 3.05) is 32.8 Å². The van der Waals surface area contributed by atoms with E-state index in [0.29, 0.717) is 12.0 Å². The van der Waals surface area contributed by atoms with Crippen LogP contribution in [0.5, 0.6) is 0 Å². The predicted octanol–water partition coefficient (Wildman–Crippen LogP) is 2.00. The van der Waals surface area contributed by atoms with Gasteiger partial charge in [0.1, 0.15) is 0 Å². The molecule has 17 heavy (non-hydrogen) atoms. The number of hydrogen-bond donors (Lipinski definition) is 1. The molecule has 2 aliphatic heterocycles. The van der Waals surface area contributed by atoms with Crippen LogP contribution < -0.4 is 5.32 Å². The third-order valence-corrected chi connectivity index (χ3v) is 3.98. The minimum atomic E-state index is -0.107. The number of carbonyl (C=O) groups excluding carboxylic acids is 1. The van der Waals surface area contributed by atoms with Gasteiger partial charge in [-0.05, 0) is 32.2 Å².